The first-order valence-corrected chi connectivity index (χ1v) is 12.0. The molecule has 0 unspecified atom stereocenters. The average Bonchev–Trinajstić information content (AvgIpc) is 2.97. The van der Waals surface area contributed by atoms with Crippen LogP contribution >= 0.6 is 11.8 Å². The van der Waals surface area contributed by atoms with Crippen LogP contribution in [0.25, 0.3) is 0 Å². The summed E-state index contributed by atoms with van der Waals surface area (Å²) in [5, 5.41) is 0.566. The molecule has 1 aromatic carbocycles. The smallest absolute Gasteiger partial charge is 0.233 e. The van der Waals surface area contributed by atoms with Gasteiger partial charge in [0.25, 0.3) is 0 Å². The Morgan fingerprint density at radius 2 is 1.55 bits per heavy atom. The van der Waals surface area contributed by atoms with E-state index in [1.807, 2.05) is 11.8 Å². The van der Waals surface area contributed by atoms with E-state index in [0.29, 0.717) is 11.8 Å². The summed E-state index contributed by atoms with van der Waals surface area (Å²) >= 11 is 1.92. The van der Waals surface area contributed by atoms with Gasteiger partial charge in [0.05, 0.1) is 17.5 Å². The summed E-state index contributed by atoms with van der Waals surface area (Å²) in [5.74, 6) is 0.141. The van der Waals surface area contributed by atoms with Crippen LogP contribution in [-0.2, 0) is 9.59 Å². The van der Waals surface area contributed by atoms with Crippen molar-refractivity contribution in [2.45, 2.75) is 49.7 Å². The van der Waals surface area contributed by atoms with Crippen LogP contribution in [0.5, 0.6) is 0 Å². The molecular weight excluding hydrogens is 382 g/mol. The van der Waals surface area contributed by atoms with Gasteiger partial charge >= 0.3 is 0 Å². The third kappa shape index (κ3) is 4.48. The Morgan fingerprint density at radius 3 is 2.17 bits per heavy atom. The average molecular weight is 416 g/mol. The summed E-state index contributed by atoms with van der Waals surface area (Å²) in [7, 11) is 0. The van der Waals surface area contributed by atoms with Crippen LogP contribution in [0.4, 0.5) is 5.69 Å². The van der Waals surface area contributed by atoms with Gasteiger partial charge in [-0.15, -0.1) is 11.8 Å². The molecule has 5 nitrogen and oxygen atoms in total. The van der Waals surface area contributed by atoms with Crippen molar-refractivity contribution in [3.63, 3.8) is 0 Å². The number of carbonyl (C=O) groups is 2. The molecule has 2 atom stereocenters. The van der Waals surface area contributed by atoms with E-state index >= 15 is 0 Å². The Bertz CT molecular complexity index is 721. The molecule has 4 rings (SSSR count). The topological polar surface area (TPSA) is 43.9 Å². The van der Waals surface area contributed by atoms with Crippen molar-refractivity contribution in [2.24, 2.45) is 11.8 Å². The molecule has 0 aromatic heterocycles. The minimum absolute atomic E-state index is 0.0249. The first kappa shape index (κ1) is 20.7. The predicted molar refractivity (Wildman–Crippen MR) is 118 cm³/mol. The number of piperazine rings is 1. The van der Waals surface area contributed by atoms with Crippen molar-refractivity contribution in [1.82, 2.24) is 9.80 Å². The molecule has 3 fully saturated rings. The van der Waals surface area contributed by atoms with Gasteiger partial charge in [-0.2, -0.15) is 0 Å². The van der Waals surface area contributed by atoms with Crippen LogP contribution in [0.2, 0.25) is 0 Å². The van der Waals surface area contributed by atoms with Crippen molar-refractivity contribution in [2.75, 3.05) is 44.2 Å². The van der Waals surface area contributed by atoms with Crippen molar-refractivity contribution in [3.8, 4) is 0 Å². The number of thioether (sulfide) groups is 1. The molecule has 29 heavy (non-hydrogen) atoms. The molecule has 6 heteroatoms. The van der Waals surface area contributed by atoms with Crippen LogP contribution in [0.1, 0.15) is 39.5 Å². The van der Waals surface area contributed by atoms with Gasteiger partial charge in [-0.1, -0.05) is 38.8 Å². The second-order valence-corrected chi connectivity index (χ2v) is 10.4. The lowest BCUT2D eigenvalue weighted by molar-refractivity contribution is -0.140. The number of amides is 2. The van der Waals surface area contributed by atoms with Gasteiger partial charge in [0.2, 0.25) is 11.8 Å². The number of likely N-dealkylation sites (tertiary alicyclic amines) is 1. The van der Waals surface area contributed by atoms with Crippen molar-refractivity contribution in [3.05, 3.63) is 24.3 Å². The van der Waals surface area contributed by atoms with Crippen LogP contribution in [0.3, 0.4) is 0 Å². The number of nitrogens with zero attached hydrogens (tertiary/aromatic N) is 3. The Morgan fingerprint density at radius 1 is 0.931 bits per heavy atom. The molecule has 158 valence electrons. The molecule has 0 spiro atoms. The molecule has 0 bridgehead atoms. The Kier molecular flexibility index (Phi) is 6.50. The highest BCUT2D eigenvalue weighted by atomic mass is 32.2. The number of benzene rings is 1. The zero-order valence-electron chi connectivity index (χ0n) is 17.7. The molecule has 2 amide bonds. The number of anilines is 1. The molecule has 0 N–H and O–H groups in total. The zero-order chi connectivity index (χ0) is 20.4. The highest BCUT2D eigenvalue weighted by Crippen LogP contribution is 2.38. The fourth-order valence-corrected chi connectivity index (χ4v) is 5.96. The van der Waals surface area contributed by atoms with E-state index in [2.05, 4.69) is 47.9 Å². The van der Waals surface area contributed by atoms with E-state index in [-0.39, 0.29) is 23.7 Å². The van der Waals surface area contributed by atoms with E-state index in [1.54, 1.807) is 4.90 Å². The number of hydrogen-bond donors (Lipinski definition) is 0. The second kappa shape index (κ2) is 9.09. The number of carbonyl (C=O) groups excluding carboxylic acids is 2. The molecule has 2 aliphatic heterocycles. The zero-order valence-corrected chi connectivity index (χ0v) is 18.5. The fourth-order valence-electron chi connectivity index (χ4n) is 4.98. The van der Waals surface area contributed by atoms with Gasteiger partial charge in [-0.05, 0) is 25.0 Å². The fraction of sp³-hybridized carbons (Fsp3) is 0.652. The van der Waals surface area contributed by atoms with Gasteiger partial charge in [0.15, 0.2) is 0 Å². The quantitative estimate of drug-likeness (QED) is 0.526. The molecule has 2 heterocycles. The molecule has 1 saturated carbocycles. The molecule has 3 aliphatic rings. The highest BCUT2D eigenvalue weighted by molar-refractivity contribution is 8.00. The van der Waals surface area contributed by atoms with Crippen LogP contribution in [-0.4, -0.2) is 66.1 Å². The van der Waals surface area contributed by atoms with Crippen molar-refractivity contribution in [1.29, 1.82) is 0 Å². The summed E-state index contributed by atoms with van der Waals surface area (Å²) in [4.78, 5) is 33.1. The molecule has 1 aliphatic carbocycles. The Labute approximate surface area is 178 Å². The van der Waals surface area contributed by atoms with Gasteiger partial charge in [-0.3, -0.25) is 19.4 Å². The second-order valence-electron chi connectivity index (χ2n) is 8.79. The van der Waals surface area contributed by atoms with E-state index in [1.165, 1.54) is 10.6 Å². The third-order valence-electron chi connectivity index (χ3n) is 6.51. The summed E-state index contributed by atoms with van der Waals surface area (Å²) in [6, 6.07) is 8.68. The lowest BCUT2D eigenvalue weighted by Gasteiger charge is -2.37. The number of hydrogen-bond acceptors (Lipinski definition) is 5. The minimum Gasteiger partial charge on any atom is -0.368 e. The minimum atomic E-state index is -0.0249. The van der Waals surface area contributed by atoms with E-state index in [4.69, 9.17) is 0 Å². The van der Waals surface area contributed by atoms with Crippen molar-refractivity contribution < 1.29 is 9.59 Å². The Balaban J connectivity index is 1.30. The van der Waals surface area contributed by atoms with Gasteiger partial charge in [0, 0.05) is 49.4 Å². The monoisotopic (exact) mass is 415 g/mol. The van der Waals surface area contributed by atoms with Crippen LogP contribution in [0, 0.1) is 11.8 Å². The predicted octanol–water partition coefficient (Wildman–Crippen LogP) is 3.48. The van der Waals surface area contributed by atoms with Crippen LogP contribution < -0.4 is 4.90 Å². The van der Waals surface area contributed by atoms with E-state index < -0.39 is 0 Å². The molecule has 1 aromatic rings. The number of imide groups is 1. The lowest BCUT2D eigenvalue weighted by atomic mass is 9.81. The van der Waals surface area contributed by atoms with Gasteiger partial charge in [0.1, 0.15) is 0 Å². The number of fused-ring (bicyclic) bond motifs is 1. The van der Waals surface area contributed by atoms with Crippen LogP contribution in [0.15, 0.2) is 29.2 Å². The van der Waals surface area contributed by atoms with Gasteiger partial charge in [-0.25, -0.2) is 0 Å². The van der Waals surface area contributed by atoms with E-state index in [0.717, 1.165) is 58.4 Å². The maximum Gasteiger partial charge on any atom is 0.233 e. The highest BCUT2D eigenvalue weighted by Gasteiger charge is 2.47. The summed E-state index contributed by atoms with van der Waals surface area (Å²) in [6.45, 7) is 9.75. The SMILES string of the molecule is CC(C)Sc1ccccc1N1CCN(CCN2C(=O)[C@H]3CCCC[C@H]3C2=O)CC1. The largest absolute Gasteiger partial charge is 0.368 e. The Hall–Kier alpha value is -1.53. The normalized spacial score (nSPS) is 25.8. The van der Waals surface area contributed by atoms with Crippen molar-refractivity contribution >= 4 is 29.3 Å². The molecule has 0 radical (unpaired) electrons. The summed E-state index contributed by atoms with van der Waals surface area (Å²) < 4.78 is 0. The van der Waals surface area contributed by atoms with Gasteiger partial charge < -0.3 is 4.90 Å². The summed E-state index contributed by atoms with van der Waals surface area (Å²) in [5.41, 5.74) is 1.33. The third-order valence-corrected chi connectivity index (χ3v) is 7.58. The first-order valence-electron chi connectivity index (χ1n) is 11.1. The van der Waals surface area contributed by atoms with E-state index in [9.17, 15) is 9.59 Å². The first-order chi connectivity index (χ1) is 14.0. The maximum atomic E-state index is 12.7. The number of rotatable bonds is 6. The number of para-hydroxylation sites is 1. The molecule has 2 saturated heterocycles. The molecular formula is C23H33N3O2S. The summed E-state index contributed by atoms with van der Waals surface area (Å²) in [6.07, 6.45) is 3.98. The maximum absolute atomic E-state index is 12.7. The lowest BCUT2D eigenvalue weighted by Crippen LogP contribution is -2.49. The standard InChI is InChI=1S/C23H33N3O2S/c1-17(2)29-21-10-6-5-9-20(21)25-14-11-24(12-15-25)13-16-26-22(27)18-7-3-4-8-19(18)23(26)28/h5-6,9-10,17-19H,3-4,7-8,11-16H2,1-2H3/t18-,19+.